The van der Waals surface area contributed by atoms with Crippen LogP contribution in [0.4, 0.5) is 4.79 Å². The molecule has 1 heterocycles. The number of Topliss-reactive ketones (excluding diaryl/α,β-unsaturated/α-hetero) is 1. The number of amides is 6. The van der Waals surface area contributed by atoms with E-state index < -0.39 is 65.9 Å². The van der Waals surface area contributed by atoms with Crippen LogP contribution in [0.3, 0.4) is 0 Å². The van der Waals surface area contributed by atoms with Crippen LogP contribution in [0.25, 0.3) is 0 Å². The molecule has 6 amide bonds. The molecule has 6 atom stereocenters. The highest BCUT2D eigenvalue weighted by atomic mass is 16.6. The summed E-state index contributed by atoms with van der Waals surface area (Å²) in [6.07, 6.45) is 6.75. The number of hydrogen-bond donors (Lipinski definition) is 4. The molecular formula is C42H62N6O8. The molecule has 56 heavy (non-hydrogen) atoms. The number of carbonyl (C=O) groups excluding carboxylic acids is 7. The molecule has 1 aromatic rings. The van der Waals surface area contributed by atoms with Gasteiger partial charge in [0, 0.05) is 20.6 Å². The first-order valence-corrected chi connectivity index (χ1v) is 20.3. The number of nitrogens with one attached hydrogen (secondary N) is 4. The van der Waals surface area contributed by atoms with Gasteiger partial charge in [-0.25, -0.2) is 4.79 Å². The number of fused-ring (bicyclic) bond motifs is 1. The topological polar surface area (TPSA) is 183 Å². The SMILES string of the molecule is CN(C)C(=O)C[C@@H](NC(=O)CNC(=O)C(=O)[C@@H](CC1CCC1)NC(=O)[C@@H]1[C@@H]2[C@H](CN1C(=O)[C@@H](NC(=O)OC(C)(C)C)C1CCCCC1)C2(C)C)c1ccccc1. The van der Waals surface area contributed by atoms with Gasteiger partial charge in [-0.2, -0.15) is 0 Å². The number of ether oxygens (including phenoxy) is 1. The molecule has 1 aromatic carbocycles. The van der Waals surface area contributed by atoms with Crippen molar-refractivity contribution in [2.45, 2.75) is 129 Å². The summed E-state index contributed by atoms with van der Waals surface area (Å²) in [7, 11) is 3.25. The molecule has 4 aliphatic rings. The van der Waals surface area contributed by atoms with Crippen LogP contribution in [-0.4, -0.2) is 102 Å². The van der Waals surface area contributed by atoms with Crippen LogP contribution >= 0.6 is 0 Å². The predicted molar refractivity (Wildman–Crippen MR) is 209 cm³/mol. The molecule has 4 fully saturated rings. The predicted octanol–water partition coefficient (Wildman–Crippen LogP) is 3.64. The van der Waals surface area contributed by atoms with Crippen molar-refractivity contribution >= 4 is 41.4 Å². The largest absolute Gasteiger partial charge is 0.444 e. The Balaban J connectivity index is 1.28. The molecule has 308 valence electrons. The van der Waals surface area contributed by atoms with Crippen molar-refractivity contribution in [3.05, 3.63) is 35.9 Å². The maximum absolute atomic E-state index is 14.5. The zero-order valence-electron chi connectivity index (χ0n) is 34.2. The van der Waals surface area contributed by atoms with Gasteiger partial charge in [-0.1, -0.05) is 82.7 Å². The molecule has 1 saturated heterocycles. The van der Waals surface area contributed by atoms with Crippen LogP contribution in [0.2, 0.25) is 0 Å². The van der Waals surface area contributed by atoms with Crippen LogP contribution in [0.5, 0.6) is 0 Å². The third-order valence-corrected chi connectivity index (χ3v) is 12.3. The van der Waals surface area contributed by atoms with Crippen molar-refractivity contribution in [2.24, 2.45) is 29.1 Å². The first kappa shape index (κ1) is 42.6. The summed E-state index contributed by atoms with van der Waals surface area (Å²) in [5, 5.41) is 11.0. The lowest BCUT2D eigenvalue weighted by molar-refractivity contribution is -0.145. The summed E-state index contributed by atoms with van der Waals surface area (Å²) in [4.78, 5) is 97.6. The molecule has 0 bridgehead atoms. The van der Waals surface area contributed by atoms with Gasteiger partial charge in [0.15, 0.2) is 0 Å². The second-order valence-corrected chi connectivity index (χ2v) is 18.1. The van der Waals surface area contributed by atoms with Gasteiger partial charge in [0.05, 0.1) is 25.0 Å². The van der Waals surface area contributed by atoms with Gasteiger partial charge < -0.3 is 35.8 Å². The van der Waals surface area contributed by atoms with Crippen molar-refractivity contribution in [1.82, 2.24) is 31.1 Å². The van der Waals surface area contributed by atoms with Gasteiger partial charge in [0.2, 0.25) is 29.4 Å². The minimum Gasteiger partial charge on any atom is -0.444 e. The van der Waals surface area contributed by atoms with Crippen molar-refractivity contribution in [1.29, 1.82) is 0 Å². The summed E-state index contributed by atoms with van der Waals surface area (Å²) >= 11 is 0. The summed E-state index contributed by atoms with van der Waals surface area (Å²) in [6.45, 7) is 9.24. The Bertz CT molecular complexity index is 1630. The van der Waals surface area contributed by atoms with Crippen molar-refractivity contribution in [3.8, 4) is 0 Å². The Hall–Kier alpha value is -4.49. The number of carbonyl (C=O) groups is 7. The Labute approximate surface area is 331 Å². The second-order valence-electron chi connectivity index (χ2n) is 18.1. The van der Waals surface area contributed by atoms with Crippen LogP contribution in [0.1, 0.15) is 110 Å². The zero-order chi connectivity index (χ0) is 40.9. The zero-order valence-corrected chi connectivity index (χ0v) is 34.2. The van der Waals surface area contributed by atoms with E-state index in [1.165, 1.54) is 4.90 Å². The maximum Gasteiger partial charge on any atom is 0.408 e. The number of rotatable bonds is 15. The van der Waals surface area contributed by atoms with Crippen LogP contribution in [0.15, 0.2) is 30.3 Å². The molecular weight excluding hydrogens is 716 g/mol. The third-order valence-electron chi connectivity index (χ3n) is 12.3. The molecule has 0 radical (unpaired) electrons. The van der Waals surface area contributed by atoms with E-state index in [2.05, 4.69) is 35.1 Å². The van der Waals surface area contributed by atoms with Crippen LogP contribution in [0, 0.1) is 29.1 Å². The third kappa shape index (κ3) is 10.5. The lowest BCUT2D eigenvalue weighted by atomic mass is 9.80. The number of nitrogens with zero attached hydrogens (tertiary/aromatic N) is 2. The smallest absolute Gasteiger partial charge is 0.408 e. The summed E-state index contributed by atoms with van der Waals surface area (Å²) in [6, 6.07) is 5.44. The first-order chi connectivity index (χ1) is 26.4. The normalized spacial score (nSPS) is 23.3. The van der Waals surface area contributed by atoms with Gasteiger partial charge in [0.25, 0.3) is 5.91 Å². The molecule has 3 aliphatic carbocycles. The highest BCUT2D eigenvalue weighted by Crippen LogP contribution is 2.65. The molecule has 3 saturated carbocycles. The Morgan fingerprint density at radius 3 is 2.14 bits per heavy atom. The van der Waals surface area contributed by atoms with Crippen molar-refractivity contribution in [3.63, 3.8) is 0 Å². The van der Waals surface area contributed by atoms with Crippen LogP contribution in [-0.2, 0) is 33.5 Å². The summed E-state index contributed by atoms with van der Waals surface area (Å²) < 4.78 is 5.55. The number of piperidine rings is 1. The number of alkyl carbamates (subject to hydrolysis) is 1. The van der Waals surface area contributed by atoms with E-state index in [0.717, 1.165) is 51.4 Å². The van der Waals surface area contributed by atoms with Crippen LogP contribution < -0.4 is 21.3 Å². The van der Waals surface area contributed by atoms with E-state index >= 15 is 0 Å². The van der Waals surface area contributed by atoms with Gasteiger partial charge in [-0.3, -0.25) is 28.8 Å². The van der Waals surface area contributed by atoms with E-state index in [-0.39, 0.29) is 53.7 Å². The fourth-order valence-electron chi connectivity index (χ4n) is 8.77. The second kappa shape index (κ2) is 17.8. The fraction of sp³-hybridized carbons (Fsp3) is 0.690. The van der Waals surface area contributed by atoms with Crippen molar-refractivity contribution in [2.75, 3.05) is 27.2 Å². The minimum absolute atomic E-state index is 0.00291. The van der Waals surface area contributed by atoms with Gasteiger partial charge in [0.1, 0.15) is 17.7 Å². The standard InChI is InChI=1S/C42H62N6O8/c1-41(2,3)56-40(55)46-34(27-19-12-9-13-20-27)39(54)48-24-28-33(42(28,4)5)35(48)37(52)45-30(21-25-15-14-16-25)36(51)38(53)43-23-31(49)44-29(22-32(50)47(6)7)26-17-10-8-11-18-26/h8,10-11,17-18,25,27-30,33-35H,9,12-16,19-24H2,1-7H3,(H,43,53)(H,44,49)(H,45,52)(H,46,55)/t28-,29+,30+,33-,34-,35-/m0/s1. The molecule has 0 aromatic heterocycles. The lowest BCUT2D eigenvalue weighted by Crippen LogP contribution is -2.60. The molecule has 5 rings (SSSR count). The first-order valence-electron chi connectivity index (χ1n) is 20.3. The average Bonchev–Trinajstić information content (AvgIpc) is 3.42. The fourth-order valence-corrected chi connectivity index (χ4v) is 8.77. The van der Waals surface area contributed by atoms with E-state index in [1.807, 2.05) is 6.07 Å². The molecule has 14 nitrogen and oxygen atoms in total. The molecule has 0 spiro atoms. The number of hydrogen-bond acceptors (Lipinski definition) is 8. The van der Waals surface area contributed by atoms with E-state index in [4.69, 9.17) is 4.74 Å². The summed E-state index contributed by atoms with van der Waals surface area (Å²) in [5.41, 5.74) is -0.265. The highest BCUT2D eigenvalue weighted by Gasteiger charge is 2.69. The summed E-state index contributed by atoms with van der Waals surface area (Å²) in [5.74, 6) is -3.55. The van der Waals surface area contributed by atoms with E-state index in [9.17, 15) is 33.6 Å². The van der Waals surface area contributed by atoms with E-state index in [1.54, 1.807) is 64.0 Å². The molecule has 1 aliphatic heterocycles. The minimum atomic E-state index is -1.16. The lowest BCUT2D eigenvalue weighted by Gasteiger charge is -2.37. The number of benzene rings is 1. The van der Waals surface area contributed by atoms with E-state index in [0.29, 0.717) is 12.1 Å². The number of ketones is 1. The Kier molecular flexibility index (Phi) is 13.5. The van der Waals surface area contributed by atoms with Gasteiger partial charge in [-0.15, -0.1) is 0 Å². The maximum atomic E-state index is 14.5. The Morgan fingerprint density at radius 1 is 0.893 bits per heavy atom. The molecule has 4 N–H and O–H groups in total. The monoisotopic (exact) mass is 778 g/mol. The molecule has 0 unspecified atom stereocenters. The highest BCUT2D eigenvalue weighted by molar-refractivity contribution is 6.38. The average molecular weight is 779 g/mol. The quantitative estimate of drug-likeness (QED) is 0.195. The number of likely N-dealkylation sites (tertiary alicyclic amines) is 1. The van der Waals surface area contributed by atoms with Crippen molar-refractivity contribution < 1.29 is 38.3 Å². The van der Waals surface area contributed by atoms with Gasteiger partial charge in [-0.05, 0) is 74.7 Å². The van der Waals surface area contributed by atoms with Gasteiger partial charge >= 0.3 is 6.09 Å². The Morgan fingerprint density at radius 2 is 1.55 bits per heavy atom. The molecule has 14 heteroatoms.